The van der Waals surface area contributed by atoms with Crippen LogP contribution in [0.25, 0.3) is 0 Å². The van der Waals surface area contributed by atoms with Crippen molar-refractivity contribution in [1.82, 2.24) is 10.3 Å². The molecule has 0 bridgehead atoms. The van der Waals surface area contributed by atoms with Crippen molar-refractivity contribution >= 4 is 21.6 Å². The van der Waals surface area contributed by atoms with Crippen LogP contribution in [-0.4, -0.2) is 10.3 Å². The smallest absolute Gasteiger partial charge is 0.127 e. The molecule has 0 saturated carbocycles. The Kier molecular flexibility index (Phi) is 3.40. The highest BCUT2D eigenvalue weighted by molar-refractivity contribution is 9.10. The van der Waals surface area contributed by atoms with Gasteiger partial charge in [0.2, 0.25) is 0 Å². The molecule has 0 spiro atoms. The molecule has 0 aliphatic heterocycles. The number of hydrogen-bond acceptors (Lipinski definition) is 5. The average molecular weight is 293 g/mol. The zero-order valence-electron chi connectivity index (χ0n) is 9.07. The van der Waals surface area contributed by atoms with Crippen molar-refractivity contribution in [2.24, 2.45) is 0 Å². The summed E-state index contributed by atoms with van der Waals surface area (Å²) in [6.45, 7) is 2.36. The summed E-state index contributed by atoms with van der Waals surface area (Å²) in [7, 11) is 0. The second-order valence-corrected chi connectivity index (χ2v) is 4.31. The Balaban J connectivity index is 2.10. The Morgan fingerprint density at radius 1 is 1.47 bits per heavy atom. The fraction of sp³-hybridized carbons (Fsp3) is 0.182. The van der Waals surface area contributed by atoms with Gasteiger partial charge in [0.1, 0.15) is 11.4 Å². The predicted molar refractivity (Wildman–Crippen MR) is 65.2 cm³/mol. The number of aryl methyl sites for hydroxylation is 1. The molecule has 1 heterocycles. The van der Waals surface area contributed by atoms with Crippen LogP contribution < -0.4 is 5.32 Å². The molecule has 0 saturated heterocycles. The number of anilines is 1. The molecule has 1 aromatic heterocycles. The third-order valence-corrected chi connectivity index (χ3v) is 2.95. The molecule has 6 heteroatoms. The number of benzene rings is 1. The normalized spacial score (nSPS) is 9.94. The number of nitrogens with zero attached hydrogens (tertiary/aromatic N) is 3. The molecular weight excluding hydrogens is 284 g/mol. The lowest BCUT2D eigenvalue weighted by atomic mass is 10.2. The molecule has 0 fully saturated rings. The minimum atomic E-state index is 0.528. The number of nitrogens with one attached hydrogen (secondary N) is 1. The number of aromatic nitrogens is 2. The van der Waals surface area contributed by atoms with Crippen LogP contribution in [0.5, 0.6) is 0 Å². The van der Waals surface area contributed by atoms with E-state index in [4.69, 9.17) is 5.26 Å². The highest BCUT2D eigenvalue weighted by atomic mass is 79.9. The van der Waals surface area contributed by atoms with Crippen molar-refractivity contribution in [3.8, 4) is 6.07 Å². The van der Waals surface area contributed by atoms with E-state index in [2.05, 4.69) is 42.3 Å². The van der Waals surface area contributed by atoms with E-state index < -0.39 is 0 Å². The molecule has 5 nitrogen and oxygen atoms in total. The maximum absolute atomic E-state index is 8.75. The minimum Gasteiger partial charge on any atom is -0.378 e. The summed E-state index contributed by atoms with van der Waals surface area (Å²) < 4.78 is 5.44. The Hall–Kier alpha value is -1.87. The standard InChI is InChI=1S/C11H9BrN4O/c1-7-11(16-17-15-7)6-14-10-3-2-8(5-13)4-9(10)12/h2-4,14H,6H2,1H3. The van der Waals surface area contributed by atoms with Crippen LogP contribution in [0.2, 0.25) is 0 Å². The van der Waals surface area contributed by atoms with Crippen LogP contribution in [0.4, 0.5) is 5.69 Å². The summed E-state index contributed by atoms with van der Waals surface area (Å²) in [5, 5.41) is 19.4. The summed E-state index contributed by atoms with van der Waals surface area (Å²) in [5.74, 6) is 0. The summed E-state index contributed by atoms with van der Waals surface area (Å²) in [5.41, 5.74) is 3.04. The van der Waals surface area contributed by atoms with Gasteiger partial charge < -0.3 is 5.32 Å². The first-order valence-corrected chi connectivity index (χ1v) is 5.71. The van der Waals surface area contributed by atoms with Crippen LogP contribution in [0, 0.1) is 18.3 Å². The molecular formula is C11H9BrN4O. The molecule has 0 radical (unpaired) electrons. The van der Waals surface area contributed by atoms with Crippen molar-refractivity contribution in [2.75, 3.05) is 5.32 Å². The molecule has 1 aromatic carbocycles. The monoisotopic (exact) mass is 292 g/mol. The van der Waals surface area contributed by atoms with E-state index in [0.717, 1.165) is 21.5 Å². The Morgan fingerprint density at radius 2 is 2.29 bits per heavy atom. The molecule has 0 atom stereocenters. The van der Waals surface area contributed by atoms with Gasteiger partial charge in [-0.15, -0.1) is 0 Å². The highest BCUT2D eigenvalue weighted by Gasteiger charge is 2.06. The molecule has 1 N–H and O–H groups in total. The molecule has 2 aromatic rings. The quantitative estimate of drug-likeness (QED) is 0.941. The second kappa shape index (κ2) is 4.97. The molecule has 0 aliphatic carbocycles. The van der Waals surface area contributed by atoms with E-state index in [-0.39, 0.29) is 0 Å². The van der Waals surface area contributed by atoms with Crippen molar-refractivity contribution in [2.45, 2.75) is 13.5 Å². The van der Waals surface area contributed by atoms with E-state index in [1.165, 1.54) is 0 Å². The van der Waals surface area contributed by atoms with Gasteiger partial charge in [-0.1, -0.05) is 10.3 Å². The molecule has 2 rings (SSSR count). The van der Waals surface area contributed by atoms with E-state index in [9.17, 15) is 0 Å². The summed E-state index contributed by atoms with van der Waals surface area (Å²) in [6.07, 6.45) is 0. The van der Waals surface area contributed by atoms with Gasteiger partial charge in [-0.25, -0.2) is 4.63 Å². The van der Waals surface area contributed by atoms with E-state index in [1.807, 2.05) is 13.0 Å². The molecule has 0 unspecified atom stereocenters. The van der Waals surface area contributed by atoms with Crippen LogP contribution in [0.1, 0.15) is 17.0 Å². The number of halogens is 1. The largest absolute Gasteiger partial charge is 0.378 e. The SMILES string of the molecule is Cc1nonc1CNc1ccc(C#N)cc1Br. The Labute approximate surface area is 107 Å². The van der Waals surface area contributed by atoms with Gasteiger partial charge >= 0.3 is 0 Å². The van der Waals surface area contributed by atoms with Gasteiger partial charge in [-0.2, -0.15) is 5.26 Å². The first-order chi connectivity index (χ1) is 8.20. The predicted octanol–water partition coefficient (Wildman–Crippen LogP) is 2.62. The topological polar surface area (TPSA) is 74.7 Å². The first-order valence-electron chi connectivity index (χ1n) is 4.92. The van der Waals surface area contributed by atoms with Crippen LogP contribution >= 0.6 is 15.9 Å². The maximum atomic E-state index is 8.75. The fourth-order valence-electron chi connectivity index (χ4n) is 1.32. The Morgan fingerprint density at radius 3 is 2.88 bits per heavy atom. The van der Waals surface area contributed by atoms with Gasteiger partial charge in [0.15, 0.2) is 0 Å². The van der Waals surface area contributed by atoms with Crippen LogP contribution in [0.15, 0.2) is 27.3 Å². The van der Waals surface area contributed by atoms with Crippen molar-refractivity contribution in [3.63, 3.8) is 0 Å². The van der Waals surface area contributed by atoms with Crippen molar-refractivity contribution in [1.29, 1.82) is 5.26 Å². The second-order valence-electron chi connectivity index (χ2n) is 3.46. The van der Waals surface area contributed by atoms with Gasteiger partial charge in [-0.3, -0.25) is 0 Å². The first kappa shape index (κ1) is 11.6. The van der Waals surface area contributed by atoms with Gasteiger partial charge in [0, 0.05) is 10.2 Å². The number of hydrogen-bond donors (Lipinski definition) is 1. The third-order valence-electron chi connectivity index (χ3n) is 2.29. The van der Waals surface area contributed by atoms with Gasteiger partial charge in [-0.05, 0) is 41.1 Å². The maximum Gasteiger partial charge on any atom is 0.127 e. The van der Waals surface area contributed by atoms with Crippen molar-refractivity contribution in [3.05, 3.63) is 39.6 Å². The molecule has 86 valence electrons. The van der Waals surface area contributed by atoms with Crippen LogP contribution in [0.3, 0.4) is 0 Å². The Bertz CT molecular complexity index is 573. The number of rotatable bonds is 3. The van der Waals surface area contributed by atoms with E-state index in [1.54, 1.807) is 12.1 Å². The molecule has 0 aliphatic rings. The molecule has 17 heavy (non-hydrogen) atoms. The summed E-state index contributed by atoms with van der Waals surface area (Å²) in [4.78, 5) is 0. The fourth-order valence-corrected chi connectivity index (χ4v) is 1.84. The lowest BCUT2D eigenvalue weighted by molar-refractivity contribution is 0.301. The van der Waals surface area contributed by atoms with Crippen molar-refractivity contribution < 1.29 is 4.63 Å². The minimum absolute atomic E-state index is 0.528. The zero-order valence-corrected chi connectivity index (χ0v) is 10.7. The highest BCUT2D eigenvalue weighted by Crippen LogP contribution is 2.23. The summed E-state index contributed by atoms with van der Waals surface area (Å²) in [6, 6.07) is 7.43. The molecule has 0 amide bonds. The number of nitriles is 1. The van der Waals surface area contributed by atoms with E-state index >= 15 is 0 Å². The van der Waals surface area contributed by atoms with E-state index in [0.29, 0.717) is 12.1 Å². The zero-order chi connectivity index (χ0) is 12.3. The lowest BCUT2D eigenvalue weighted by Gasteiger charge is -2.06. The summed E-state index contributed by atoms with van der Waals surface area (Å²) >= 11 is 3.40. The average Bonchev–Trinajstić information content (AvgIpc) is 2.73. The van der Waals surface area contributed by atoms with Crippen LogP contribution in [-0.2, 0) is 6.54 Å². The van der Waals surface area contributed by atoms with Gasteiger partial charge in [0.05, 0.1) is 18.2 Å². The lowest BCUT2D eigenvalue weighted by Crippen LogP contribution is -2.02. The van der Waals surface area contributed by atoms with Gasteiger partial charge in [0.25, 0.3) is 0 Å². The third kappa shape index (κ3) is 2.63.